The van der Waals surface area contributed by atoms with Crippen LogP contribution in [-0.4, -0.2) is 23.9 Å². The predicted molar refractivity (Wildman–Crippen MR) is 105 cm³/mol. The molecule has 8 heteroatoms. The number of carbonyl (C=O) groups excluding carboxylic acids is 1. The Bertz CT molecular complexity index is 850. The number of hydrogen-bond donors (Lipinski definition) is 1. The Morgan fingerprint density at radius 2 is 1.79 bits per heavy atom. The second-order valence-electron chi connectivity index (χ2n) is 6.82. The topological polar surface area (TPSA) is 32.3 Å². The summed E-state index contributed by atoms with van der Waals surface area (Å²) in [6, 6.07) is 10.9. The van der Waals surface area contributed by atoms with Gasteiger partial charge in [0, 0.05) is 22.5 Å². The van der Waals surface area contributed by atoms with Gasteiger partial charge in [-0.1, -0.05) is 41.4 Å². The monoisotopic (exact) mass is 430 g/mol. The van der Waals surface area contributed by atoms with Crippen molar-refractivity contribution in [2.75, 3.05) is 18.4 Å². The van der Waals surface area contributed by atoms with E-state index >= 15 is 0 Å². The van der Waals surface area contributed by atoms with Gasteiger partial charge in [0.2, 0.25) is 5.91 Å². The minimum Gasteiger partial charge on any atom is -0.325 e. The third-order valence-electron chi connectivity index (χ3n) is 4.86. The summed E-state index contributed by atoms with van der Waals surface area (Å²) in [4.78, 5) is 14.7. The van der Waals surface area contributed by atoms with Crippen molar-refractivity contribution in [3.05, 3.63) is 63.6 Å². The Morgan fingerprint density at radius 3 is 2.43 bits per heavy atom. The van der Waals surface area contributed by atoms with Gasteiger partial charge in [0.25, 0.3) is 0 Å². The number of hydrogen-bond acceptors (Lipinski definition) is 2. The first kappa shape index (κ1) is 21.0. The predicted octanol–water partition coefficient (Wildman–Crippen LogP) is 5.86. The molecule has 0 bridgehead atoms. The molecule has 0 aliphatic carbocycles. The van der Waals surface area contributed by atoms with Crippen LogP contribution in [0.1, 0.15) is 24.0 Å². The molecule has 1 N–H and O–H groups in total. The minimum atomic E-state index is -4.59. The number of piperidine rings is 1. The summed E-state index contributed by atoms with van der Waals surface area (Å²) < 4.78 is 39.6. The van der Waals surface area contributed by atoms with E-state index in [9.17, 15) is 18.0 Å². The van der Waals surface area contributed by atoms with Gasteiger partial charge in [-0.15, -0.1) is 0 Å². The number of amides is 1. The van der Waals surface area contributed by atoms with Crippen LogP contribution in [0.2, 0.25) is 10.0 Å². The normalized spacial score (nSPS) is 16.2. The average Bonchev–Trinajstić information content (AvgIpc) is 2.65. The van der Waals surface area contributed by atoms with E-state index in [1.807, 2.05) is 24.3 Å². The number of rotatable bonds is 4. The Hall–Kier alpha value is -1.76. The molecule has 1 fully saturated rings. The molecule has 0 unspecified atom stereocenters. The molecule has 0 atom stereocenters. The third-order valence-corrected chi connectivity index (χ3v) is 5.46. The molecule has 0 saturated carbocycles. The molecule has 3 rings (SSSR count). The van der Waals surface area contributed by atoms with E-state index in [-0.39, 0.29) is 16.6 Å². The average molecular weight is 431 g/mol. The van der Waals surface area contributed by atoms with E-state index in [0.717, 1.165) is 11.6 Å². The number of anilines is 1. The van der Waals surface area contributed by atoms with Gasteiger partial charge in [-0.05, 0) is 55.8 Å². The Morgan fingerprint density at radius 1 is 1.11 bits per heavy atom. The second kappa shape index (κ2) is 8.72. The van der Waals surface area contributed by atoms with Crippen LogP contribution in [0.25, 0.3) is 0 Å². The lowest BCUT2D eigenvalue weighted by Crippen LogP contribution is -2.38. The van der Waals surface area contributed by atoms with Gasteiger partial charge in [0.05, 0.1) is 11.3 Å². The van der Waals surface area contributed by atoms with Crippen molar-refractivity contribution in [2.24, 2.45) is 5.92 Å². The van der Waals surface area contributed by atoms with Gasteiger partial charge in [0.1, 0.15) is 0 Å². The summed E-state index contributed by atoms with van der Waals surface area (Å²) >= 11 is 11.9. The smallest absolute Gasteiger partial charge is 0.325 e. The fraction of sp³-hybridized carbons (Fsp3) is 0.350. The van der Waals surface area contributed by atoms with E-state index in [4.69, 9.17) is 23.2 Å². The molecular formula is C20H19Cl2F3N2O. The summed E-state index contributed by atoms with van der Waals surface area (Å²) in [6.45, 7) is 2.04. The first-order valence-corrected chi connectivity index (χ1v) is 9.63. The fourth-order valence-corrected chi connectivity index (χ4v) is 3.68. The Labute approximate surface area is 171 Å². The molecule has 2 aromatic rings. The molecular weight excluding hydrogens is 412 g/mol. The van der Waals surface area contributed by atoms with Crippen molar-refractivity contribution >= 4 is 34.8 Å². The van der Waals surface area contributed by atoms with Crippen LogP contribution in [0.5, 0.6) is 0 Å². The number of likely N-dealkylation sites (tertiary alicyclic amines) is 1. The van der Waals surface area contributed by atoms with E-state index in [1.165, 1.54) is 12.1 Å². The van der Waals surface area contributed by atoms with Crippen molar-refractivity contribution in [1.29, 1.82) is 0 Å². The summed E-state index contributed by atoms with van der Waals surface area (Å²) in [5.74, 6) is -0.732. The fourth-order valence-electron chi connectivity index (χ4n) is 3.32. The van der Waals surface area contributed by atoms with Crippen molar-refractivity contribution in [2.45, 2.75) is 25.6 Å². The second-order valence-corrected chi connectivity index (χ2v) is 7.66. The highest BCUT2D eigenvalue weighted by Gasteiger charge is 2.35. The van der Waals surface area contributed by atoms with Crippen LogP contribution in [0.15, 0.2) is 42.5 Å². The van der Waals surface area contributed by atoms with E-state index < -0.39 is 17.6 Å². The lowest BCUT2D eigenvalue weighted by atomic mass is 9.95. The molecule has 1 aliphatic rings. The highest BCUT2D eigenvalue weighted by molar-refractivity contribution is 6.31. The van der Waals surface area contributed by atoms with Crippen molar-refractivity contribution in [3.8, 4) is 0 Å². The molecule has 3 nitrogen and oxygen atoms in total. The van der Waals surface area contributed by atoms with Crippen LogP contribution >= 0.6 is 23.2 Å². The maximum absolute atomic E-state index is 13.2. The Balaban J connectivity index is 1.60. The van der Waals surface area contributed by atoms with E-state index in [2.05, 4.69) is 10.2 Å². The van der Waals surface area contributed by atoms with Crippen molar-refractivity contribution in [3.63, 3.8) is 0 Å². The van der Waals surface area contributed by atoms with Gasteiger partial charge >= 0.3 is 6.18 Å². The zero-order valence-corrected chi connectivity index (χ0v) is 16.4. The van der Waals surface area contributed by atoms with Crippen molar-refractivity contribution in [1.82, 2.24) is 4.90 Å². The van der Waals surface area contributed by atoms with Gasteiger partial charge in [-0.3, -0.25) is 9.69 Å². The lowest BCUT2D eigenvalue weighted by molar-refractivity contribution is -0.137. The molecule has 1 saturated heterocycles. The molecule has 150 valence electrons. The summed E-state index contributed by atoms with van der Waals surface area (Å²) in [5.41, 5.74) is -0.187. The Kier molecular flexibility index (Phi) is 6.53. The maximum atomic E-state index is 13.2. The molecule has 0 radical (unpaired) electrons. The number of carbonyl (C=O) groups is 1. The summed E-state index contributed by atoms with van der Waals surface area (Å²) in [6.07, 6.45) is -3.44. The number of nitrogens with zero attached hydrogens (tertiary/aromatic N) is 1. The molecule has 2 aromatic carbocycles. The quantitative estimate of drug-likeness (QED) is 0.658. The largest absolute Gasteiger partial charge is 0.418 e. The molecule has 1 aliphatic heterocycles. The standard InChI is InChI=1S/C20H19Cl2F3N2O/c21-15-5-6-18(16(11-15)20(23,24)25)26-19(28)13-7-9-27(10-8-13)12-14-3-1-2-4-17(14)22/h1-6,11,13H,7-10,12H2,(H,26,28). The van der Waals surface area contributed by atoms with Gasteiger partial charge < -0.3 is 5.32 Å². The lowest BCUT2D eigenvalue weighted by Gasteiger charge is -2.31. The molecule has 1 heterocycles. The van der Waals surface area contributed by atoms with Crippen LogP contribution in [0.3, 0.4) is 0 Å². The van der Waals surface area contributed by atoms with Gasteiger partial charge in [-0.2, -0.15) is 13.2 Å². The van der Waals surface area contributed by atoms with Crippen LogP contribution < -0.4 is 5.32 Å². The molecule has 0 spiro atoms. The maximum Gasteiger partial charge on any atom is 0.418 e. The van der Waals surface area contributed by atoms with E-state index in [1.54, 1.807) is 0 Å². The SMILES string of the molecule is O=C(Nc1ccc(Cl)cc1C(F)(F)F)C1CCN(Cc2ccccc2Cl)CC1. The first-order valence-electron chi connectivity index (χ1n) is 8.87. The number of halogens is 5. The molecule has 0 aromatic heterocycles. The first-order chi connectivity index (χ1) is 13.2. The zero-order valence-electron chi connectivity index (χ0n) is 14.9. The van der Waals surface area contributed by atoms with Crippen LogP contribution in [0.4, 0.5) is 18.9 Å². The third kappa shape index (κ3) is 5.19. The van der Waals surface area contributed by atoms with Crippen LogP contribution in [-0.2, 0) is 17.5 Å². The minimum absolute atomic E-state index is 0.0294. The highest BCUT2D eigenvalue weighted by Crippen LogP contribution is 2.37. The van der Waals surface area contributed by atoms with E-state index in [0.29, 0.717) is 37.5 Å². The van der Waals surface area contributed by atoms with Gasteiger partial charge in [-0.25, -0.2) is 0 Å². The summed E-state index contributed by atoms with van der Waals surface area (Å²) in [5, 5.41) is 3.10. The highest BCUT2D eigenvalue weighted by atomic mass is 35.5. The summed E-state index contributed by atoms with van der Waals surface area (Å²) in [7, 11) is 0. The van der Waals surface area contributed by atoms with Crippen LogP contribution in [0, 0.1) is 5.92 Å². The number of benzene rings is 2. The number of alkyl halides is 3. The van der Waals surface area contributed by atoms with Crippen molar-refractivity contribution < 1.29 is 18.0 Å². The van der Waals surface area contributed by atoms with Gasteiger partial charge in [0.15, 0.2) is 0 Å². The molecule has 28 heavy (non-hydrogen) atoms. The number of nitrogens with one attached hydrogen (secondary N) is 1. The zero-order chi connectivity index (χ0) is 20.3. The molecule has 1 amide bonds.